The smallest absolute Gasteiger partial charge is 0.224 e. The summed E-state index contributed by atoms with van der Waals surface area (Å²) in [6.07, 6.45) is 5.47. The lowest BCUT2D eigenvalue weighted by Crippen LogP contribution is -2.40. The molecule has 6 heteroatoms. The van der Waals surface area contributed by atoms with Crippen LogP contribution in [-0.2, 0) is 23.0 Å². The van der Waals surface area contributed by atoms with Crippen LogP contribution in [0.1, 0.15) is 30.2 Å². The van der Waals surface area contributed by atoms with E-state index in [1.54, 1.807) is 13.4 Å². The van der Waals surface area contributed by atoms with E-state index < -0.39 is 0 Å². The van der Waals surface area contributed by atoms with Crippen LogP contribution in [-0.4, -0.2) is 35.2 Å². The van der Waals surface area contributed by atoms with E-state index in [0.717, 1.165) is 29.8 Å². The number of aromatic nitrogens is 2. The molecular formula is C18H23N3O3. The highest BCUT2D eigenvalue weighted by Crippen LogP contribution is 2.27. The number of carbonyl (C=O) groups is 1. The second-order valence-corrected chi connectivity index (χ2v) is 6.07. The molecule has 1 aromatic heterocycles. The molecule has 1 saturated heterocycles. The fourth-order valence-corrected chi connectivity index (χ4v) is 3.11. The number of rotatable bonds is 5. The SMILES string of the molecule is COc1ccccc1CC(=O)NC1CCOC(c2cncn2C)C1. The Bertz CT molecular complexity index is 698. The molecule has 0 aliphatic carbocycles. The third-order valence-corrected chi connectivity index (χ3v) is 4.38. The minimum Gasteiger partial charge on any atom is -0.496 e. The zero-order valence-electron chi connectivity index (χ0n) is 14.1. The quantitative estimate of drug-likeness (QED) is 0.911. The second-order valence-electron chi connectivity index (χ2n) is 6.07. The molecule has 0 radical (unpaired) electrons. The van der Waals surface area contributed by atoms with Crippen LogP contribution in [0.15, 0.2) is 36.8 Å². The second kappa shape index (κ2) is 7.49. The number of nitrogens with one attached hydrogen (secondary N) is 1. The number of aryl methyl sites for hydroxylation is 1. The molecule has 24 heavy (non-hydrogen) atoms. The van der Waals surface area contributed by atoms with Gasteiger partial charge in [-0.25, -0.2) is 4.98 Å². The van der Waals surface area contributed by atoms with Crippen molar-refractivity contribution in [3.05, 3.63) is 48.0 Å². The Hall–Kier alpha value is -2.34. The van der Waals surface area contributed by atoms with Crippen LogP contribution in [0.5, 0.6) is 5.75 Å². The average Bonchev–Trinajstić information content (AvgIpc) is 3.01. The maximum atomic E-state index is 12.4. The van der Waals surface area contributed by atoms with Gasteiger partial charge in [-0.3, -0.25) is 4.79 Å². The van der Waals surface area contributed by atoms with E-state index in [9.17, 15) is 4.79 Å². The topological polar surface area (TPSA) is 65.4 Å². The summed E-state index contributed by atoms with van der Waals surface area (Å²) in [6.45, 7) is 0.634. The van der Waals surface area contributed by atoms with Gasteiger partial charge in [0.05, 0.1) is 31.7 Å². The molecular weight excluding hydrogens is 306 g/mol. The molecule has 0 saturated carbocycles. The Kier molecular flexibility index (Phi) is 5.15. The number of ether oxygens (including phenoxy) is 2. The van der Waals surface area contributed by atoms with Gasteiger partial charge in [-0.2, -0.15) is 0 Å². The van der Waals surface area contributed by atoms with Gasteiger partial charge in [0.15, 0.2) is 0 Å². The maximum absolute atomic E-state index is 12.4. The zero-order chi connectivity index (χ0) is 16.9. The van der Waals surface area contributed by atoms with Crippen molar-refractivity contribution in [2.75, 3.05) is 13.7 Å². The summed E-state index contributed by atoms with van der Waals surface area (Å²) in [4.78, 5) is 16.5. The predicted octanol–water partition coefficient (Wildman–Crippen LogP) is 2.01. The van der Waals surface area contributed by atoms with Gasteiger partial charge < -0.3 is 19.4 Å². The van der Waals surface area contributed by atoms with Gasteiger partial charge in [-0.1, -0.05) is 18.2 Å². The number of benzene rings is 1. The van der Waals surface area contributed by atoms with E-state index in [1.807, 2.05) is 42.1 Å². The number of imidazole rings is 1. The monoisotopic (exact) mass is 329 g/mol. The Balaban J connectivity index is 1.59. The van der Waals surface area contributed by atoms with E-state index in [4.69, 9.17) is 9.47 Å². The van der Waals surface area contributed by atoms with Gasteiger partial charge in [-0.05, 0) is 18.9 Å². The minimum absolute atomic E-state index is 0.00940. The van der Waals surface area contributed by atoms with E-state index in [1.165, 1.54) is 0 Å². The standard InChI is InChI=1S/C18H23N3O3/c1-21-12-19-11-15(21)17-10-14(7-8-24-17)20-18(22)9-13-5-3-4-6-16(13)23-2/h3-6,11-12,14,17H,7-10H2,1-2H3,(H,20,22). The Morgan fingerprint density at radius 1 is 1.46 bits per heavy atom. The summed E-state index contributed by atoms with van der Waals surface area (Å²) < 4.78 is 13.1. The zero-order valence-corrected chi connectivity index (χ0v) is 14.1. The number of methoxy groups -OCH3 is 1. The number of hydrogen-bond acceptors (Lipinski definition) is 4. The third-order valence-electron chi connectivity index (χ3n) is 4.38. The molecule has 2 heterocycles. The third kappa shape index (κ3) is 3.76. The van der Waals surface area contributed by atoms with Gasteiger partial charge in [0.1, 0.15) is 11.9 Å². The van der Waals surface area contributed by atoms with Crippen molar-refractivity contribution in [2.45, 2.75) is 31.4 Å². The van der Waals surface area contributed by atoms with Crippen molar-refractivity contribution < 1.29 is 14.3 Å². The molecule has 2 atom stereocenters. The minimum atomic E-state index is -0.0252. The van der Waals surface area contributed by atoms with Crippen LogP contribution in [0.4, 0.5) is 0 Å². The van der Waals surface area contributed by atoms with Crippen molar-refractivity contribution in [3.8, 4) is 5.75 Å². The molecule has 2 aromatic rings. The number of hydrogen-bond donors (Lipinski definition) is 1. The van der Waals surface area contributed by atoms with Crippen LogP contribution in [0.25, 0.3) is 0 Å². The molecule has 6 nitrogen and oxygen atoms in total. The lowest BCUT2D eigenvalue weighted by atomic mass is 10.0. The molecule has 0 spiro atoms. The number of nitrogens with zero attached hydrogens (tertiary/aromatic N) is 2. The van der Waals surface area contributed by atoms with Gasteiger partial charge in [-0.15, -0.1) is 0 Å². The molecule has 1 aliphatic rings. The van der Waals surface area contributed by atoms with Crippen LogP contribution in [0.2, 0.25) is 0 Å². The number of para-hydroxylation sites is 1. The Morgan fingerprint density at radius 2 is 2.29 bits per heavy atom. The summed E-state index contributed by atoms with van der Waals surface area (Å²) in [5.41, 5.74) is 1.94. The van der Waals surface area contributed by atoms with Crippen LogP contribution >= 0.6 is 0 Å². The molecule has 0 bridgehead atoms. The lowest BCUT2D eigenvalue weighted by molar-refractivity contribution is -0.122. The highest BCUT2D eigenvalue weighted by Gasteiger charge is 2.26. The molecule has 1 fully saturated rings. The van der Waals surface area contributed by atoms with Gasteiger partial charge in [0.25, 0.3) is 0 Å². The molecule has 2 unspecified atom stereocenters. The first-order valence-corrected chi connectivity index (χ1v) is 8.16. The fraction of sp³-hybridized carbons (Fsp3) is 0.444. The summed E-state index contributed by atoms with van der Waals surface area (Å²) in [6, 6.07) is 7.71. The maximum Gasteiger partial charge on any atom is 0.224 e. The first-order valence-electron chi connectivity index (χ1n) is 8.16. The molecule has 1 aliphatic heterocycles. The van der Waals surface area contributed by atoms with Crippen molar-refractivity contribution in [1.82, 2.24) is 14.9 Å². The van der Waals surface area contributed by atoms with E-state index in [-0.39, 0.29) is 18.1 Å². The molecule has 1 amide bonds. The molecule has 128 valence electrons. The average molecular weight is 329 g/mol. The van der Waals surface area contributed by atoms with E-state index >= 15 is 0 Å². The van der Waals surface area contributed by atoms with Gasteiger partial charge in [0.2, 0.25) is 5.91 Å². The number of amides is 1. The van der Waals surface area contributed by atoms with Crippen molar-refractivity contribution in [3.63, 3.8) is 0 Å². The predicted molar refractivity (Wildman–Crippen MR) is 89.8 cm³/mol. The summed E-state index contributed by atoms with van der Waals surface area (Å²) in [7, 11) is 3.57. The first-order chi connectivity index (χ1) is 11.7. The van der Waals surface area contributed by atoms with Gasteiger partial charge >= 0.3 is 0 Å². The lowest BCUT2D eigenvalue weighted by Gasteiger charge is -2.30. The van der Waals surface area contributed by atoms with E-state index in [0.29, 0.717) is 13.0 Å². The van der Waals surface area contributed by atoms with E-state index in [2.05, 4.69) is 10.3 Å². The van der Waals surface area contributed by atoms with Crippen LogP contribution < -0.4 is 10.1 Å². The highest BCUT2D eigenvalue weighted by molar-refractivity contribution is 5.79. The van der Waals surface area contributed by atoms with Crippen molar-refractivity contribution >= 4 is 5.91 Å². The highest BCUT2D eigenvalue weighted by atomic mass is 16.5. The summed E-state index contributed by atoms with van der Waals surface area (Å²) in [5.74, 6) is 0.752. The van der Waals surface area contributed by atoms with Crippen molar-refractivity contribution in [2.24, 2.45) is 7.05 Å². The Morgan fingerprint density at radius 3 is 3.04 bits per heavy atom. The largest absolute Gasteiger partial charge is 0.496 e. The van der Waals surface area contributed by atoms with Gasteiger partial charge in [0, 0.05) is 25.3 Å². The molecule has 1 aromatic carbocycles. The van der Waals surface area contributed by atoms with Crippen LogP contribution in [0, 0.1) is 0 Å². The summed E-state index contributed by atoms with van der Waals surface area (Å²) >= 11 is 0. The van der Waals surface area contributed by atoms with Crippen LogP contribution in [0.3, 0.4) is 0 Å². The normalized spacial score (nSPS) is 20.6. The first kappa shape index (κ1) is 16.5. The molecule has 3 rings (SSSR count). The van der Waals surface area contributed by atoms with Crippen molar-refractivity contribution in [1.29, 1.82) is 0 Å². The fourth-order valence-electron chi connectivity index (χ4n) is 3.11. The molecule has 1 N–H and O–H groups in total. The Labute approximate surface area is 141 Å². The summed E-state index contributed by atoms with van der Waals surface area (Å²) in [5, 5.41) is 3.13. The number of carbonyl (C=O) groups excluding carboxylic acids is 1.